The van der Waals surface area contributed by atoms with E-state index in [1.54, 1.807) is 0 Å². The third kappa shape index (κ3) is 3.26. The van der Waals surface area contributed by atoms with Gasteiger partial charge in [-0.05, 0) is 25.0 Å². The molecular weight excluding hydrogens is 320 g/mol. The van der Waals surface area contributed by atoms with E-state index in [1.165, 1.54) is 0 Å². The fourth-order valence-corrected chi connectivity index (χ4v) is 2.77. The summed E-state index contributed by atoms with van der Waals surface area (Å²) in [5, 5.41) is 4.05. The Morgan fingerprint density at radius 1 is 1.35 bits per heavy atom. The molecule has 106 valence electrons. The van der Waals surface area contributed by atoms with Crippen molar-refractivity contribution >= 4 is 15.9 Å². The Balaban J connectivity index is 1.68. The lowest BCUT2D eigenvalue weighted by atomic mass is 10.1. The highest BCUT2D eigenvalue weighted by Crippen LogP contribution is 2.21. The Morgan fingerprint density at radius 3 is 2.90 bits per heavy atom. The summed E-state index contributed by atoms with van der Waals surface area (Å²) in [6.45, 7) is 2.69. The van der Waals surface area contributed by atoms with Gasteiger partial charge in [-0.15, -0.1) is 0 Å². The fourth-order valence-electron chi connectivity index (χ4n) is 2.37. The first-order valence-electron chi connectivity index (χ1n) is 6.77. The summed E-state index contributed by atoms with van der Waals surface area (Å²) in [7, 11) is 0. The Kier molecular flexibility index (Phi) is 4.14. The molecule has 20 heavy (non-hydrogen) atoms. The Hall–Kier alpha value is -1.24. The number of hydrogen-bond acceptors (Lipinski definition) is 5. The van der Waals surface area contributed by atoms with Crippen molar-refractivity contribution in [3.8, 4) is 11.4 Å². The number of likely N-dealkylation sites (tertiary alicyclic amines) is 1. The lowest BCUT2D eigenvalue weighted by Gasteiger charge is -2.28. The van der Waals surface area contributed by atoms with Gasteiger partial charge in [0.05, 0.1) is 6.54 Å². The number of rotatable bonds is 3. The predicted molar refractivity (Wildman–Crippen MR) is 79.9 cm³/mol. The van der Waals surface area contributed by atoms with E-state index < -0.39 is 0 Å². The standard InChI is InChI=1S/C14H17BrN4O/c15-11-3-1-2-10(8-11)14-17-13(20-18-14)9-19-6-4-12(16)5-7-19/h1-3,8,12H,4-7,9,16H2. The molecule has 1 aromatic carbocycles. The number of nitrogens with two attached hydrogens (primary N) is 1. The zero-order valence-electron chi connectivity index (χ0n) is 11.1. The van der Waals surface area contributed by atoms with Crippen LogP contribution in [0.1, 0.15) is 18.7 Å². The molecule has 0 bridgehead atoms. The van der Waals surface area contributed by atoms with Crippen LogP contribution in [0.15, 0.2) is 33.3 Å². The van der Waals surface area contributed by atoms with E-state index in [1.807, 2.05) is 24.3 Å². The van der Waals surface area contributed by atoms with E-state index in [4.69, 9.17) is 10.3 Å². The van der Waals surface area contributed by atoms with Crippen molar-refractivity contribution in [1.82, 2.24) is 15.0 Å². The Morgan fingerprint density at radius 2 is 2.15 bits per heavy atom. The molecule has 0 unspecified atom stereocenters. The monoisotopic (exact) mass is 336 g/mol. The van der Waals surface area contributed by atoms with Gasteiger partial charge < -0.3 is 10.3 Å². The zero-order chi connectivity index (χ0) is 13.9. The van der Waals surface area contributed by atoms with E-state index >= 15 is 0 Å². The van der Waals surface area contributed by atoms with Crippen molar-refractivity contribution < 1.29 is 4.52 Å². The molecule has 0 amide bonds. The van der Waals surface area contributed by atoms with Gasteiger partial charge in [0.1, 0.15) is 0 Å². The number of hydrogen-bond donors (Lipinski definition) is 1. The van der Waals surface area contributed by atoms with Gasteiger partial charge >= 0.3 is 0 Å². The number of aromatic nitrogens is 2. The molecule has 0 aliphatic carbocycles. The summed E-state index contributed by atoms with van der Waals surface area (Å²) in [6, 6.07) is 8.22. The maximum atomic E-state index is 5.90. The molecule has 2 aromatic rings. The van der Waals surface area contributed by atoms with Crippen molar-refractivity contribution in [1.29, 1.82) is 0 Å². The molecular formula is C14H17BrN4O. The second-order valence-electron chi connectivity index (χ2n) is 5.14. The average molecular weight is 337 g/mol. The molecule has 0 radical (unpaired) electrons. The molecule has 0 atom stereocenters. The molecule has 1 aromatic heterocycles. The topological polar surface area (TPSA) is 68.2 Å². The summed E-state index contributed by atoms with van der Waals surface area (Å²) in [6.07, 6.45) is 2.07. The van der Waals surface area contributed by atoms with Crippen molar-refractivity contribution in [2.45, 2.75) is 25.4 Å². The van der Waals surface area contributed by atoms with Gasteiger partial charge in [0, 0.05) is 29.2 Å². The van der Waals surface area contributed by atoms with Crippen LogP contribution in [0.2, 0.25) is 0 Å². The molecule has 1 saturated heterocycles. The average Bonchev–Trinajstić information content (AvgIpc) is 2.90. The van der Waals surface area contributed by atoms with E-state index in [9.17, 15) is 0 Å². The molecule has 1 aliphatic heterocycles. The number of benzene rings is 1. The minimum absolute atomic E-state index is 0.339. The Bertz CT molecular complexity index is 578. The van der Waals surface area contributed by atoms with Gasteiger partial charge in [-0.25, -0.2) is 0 Å². The highest BCUT2D eigenvalue weighted by Gasteiger charge is 2.18. The second-order valence-corrected chi connectivity index (χ2v) is 6.05. The zero-order valence-corrected chi connectivity index (χ0v) is 12.7. The summed E-state index contributed by atoms with van der Waals surface area (Å²) >= 11 is 3.45. The highest BCUT2D eigenvalue weighted by molar-refractivity contribution is 9.10. The molecule has 2 N–H and O–H groups in total. The number of piperidine rings is 1. The minimum atomic E-state index is 0.339. The van der Waals surface area contributed by atoms with Gasteiger partial charge in [0.25, 0.3) is 0 Å². The first kappa shape index (κ1) is 13.7. The molecule has 1 fully saturated rings. The largest absolute Gasteiger partial charge is 0.338 e. The van der Waals surface area contributed by atoms with Gasteiger partial charge in [-0.3, -0.25) is 4.90 Å². The molecule has 0 saturated carbocycles. The van der Waals surface area contributed by atoms with Gasteiger partial charge in [0.2, 0.25) is 11.7 Å². The SMILES string of the molecule is NC1CCN(Cc2nc(-c3cccc(Br)c3)no2)CC1. The third-order valence-electron chi connectivity index (χ3n) is 3.54. The maximum Gasteiger partial charge on any atom is 0.241 e. The summed E-state index contributed by atoms with van der Waals surface area (Å²) in [4.78, 5) is 6.77. The highest BCUT2D eigenvalue weighted by atomic mass is 79.9. The van der Waals surface area contributed by atoms with Crippen LogP contribution in [0.4, 0.5) is 0 Å². The van der Waals surface area contributed by atoms with Crippen LogP contribution in [0, 0.1) is 0 Å². The quantitative estimate of drug-likeness (QED) is 0.932. The third-order valence-corrected chi connectivity index (χ3v) is 4.04. The van der Waals surface area contributed by atoms with Crippen molar-refractivity contribution in [3.05, 3.63) is 34.6 Å². The number of halogens is 1. The van der Waals surface area contributed by atoms with Crippen LogP contribution in [0.5, 0.6) is 0 Å². The minimum Gasteiger partial charge on any atom is -0.338 e. The van der Waals surface area contributed by atoms with Crippen molar-refractivity contribution in [2.24, 2.45) is 5.73 Å². The van der Waals surface area contributed by atoms with E-state index in [0.717, 1.165) is 36.0 Å². The van der Waals surface area contributed by atoms with Crippen LogP contribution in [0.3, 0.4) is 0 Å². The maximum absolute atomic E-state index is 5.90. The molecule has 5 nitrogen and oxygen atoms in total. The molecule has 3 rings (SSSR count). The van der Waals surface area contributed by atoms with Crippen LogP contribution in [-0.2, 0) is 6.54 Å². The first-order chi connectivity index (χ1) is 9.70. The number of nitrogens with zero attached hydrogens (tertiary/aromatic N) is 3. The lowest BCUT2D eigenvalue weighted by molar-refractivity contribution is 0.182. The summed E-state index contributed by atoms with van der Waals surface area (Å²) < 4.78 is 6.35. The van der Waals surface area contributed by atoms with Crippen LogP contribution in [0.25, 0.3) is 11.4 Å². The molecule has 2 heterocycles. The van der Waals surface area contributed by atoms with Gasteiger partial charge in [-0.1, -0.05) is 33.2 Å². The fraction of sp³-hybridized carbons (Fsp3) is 0.429. The van der Waals surface area contributed by atoms with E-state index in [0.29, 0.717) is 24.3 Å². The van der Waals surface area contributed by atoms with Crippen molar-refractivity contribution in [3.63, 3.8) is 0 Å². The molecule has 0 spiro atoms. The van der Waals surface area contributed by atoms with E-state index in [-0.39, 0.29) is 0 Å². The smallest absolute Gasteiger partial charge is 0.241 e. The van der Waals surface area contributed by atoms with Crippen LogP contribution >= 0.6 is 15.9 Å². The van der Waals surface area contributed by atoms with Crippen molar-refractivity contribution in [2.75, 3.05) is 13.1 Å². The predicted octanol–water partition coefficient (Wildman–Crippen LogP) is 2.42. The van der Waals surface area contributed by atoms with Gasteiger partial charge in [0.15, 0.2) is 0 Å². The summed E-state index contributed by atoms with van der Waals surface area (Å²) in [5.41, 5.74) is 6.86. The first-order valence-corrected chi connectivity index (χ1v) is 7.56. The van der Waals surface area contributed by atoms with Crippen LogP contribution in [-0.4, -0.2) is 34.2 Å². The molecule has 1 aliphatic rings. The van der Waals surface area contributed by atoms with Crippen LogP contribution < -0.4 is 5.73 Å². The summed E-state index contributed by atoms with van der Waals surface area (Å²) in [5.74, 6) is 1.30. The molecule has 6 heteroatoms. The normalized spacial score (nSPS) is 17.5. The van der Waals surface area contributed by atoms with Gasteiger partial charge in [-0.2, -0.15) is 4.98 Å². The lowest BCUT2D eigenvalue weighted by Crippen LogP contribution is -2.39. The Labute approximate surface area is 126 Å². The van der Waals surface area contributed by atoms with E-state index in [2.05, 4.69) is 31.0 Å². The second kappa shape index (κ2) is 6.03.